The lowest BCUT2D eigenvalue weighted by Gasteiger charge is -2.11. The number of aryl methyl sites for hydroxylation is 2. The van der Waals surface area contributed by atoms with Crippen LogP contribution < -0.4 is 16.8 Å². The second-order valence-corrected chi connectivity index (χ2v) is 8.05. The molecule has 33 heavy (non-hydrogen) atoms. The quantitative estimate of drug-likeness (QED) is 0.263. The van der Waals surface area contributed by atoms with Gasteiger partial charge < -0.3 is 21.4 Å². The molecular formula is C24H28FN7O. The van der Waals surface area contributed by atoms with Crippen molar-refractivity contribution in [1.82, 2.24) is 24.8 Å². The molecule has 1 amide bonds. The molecule has 0 bridgehead atoms. The van der Waals surface area contributed by atoms with Crippen LogP contribution in [-0.4, -0.2) is 32.0 Å². The van der Waals surface area contributed by atoms with Crippen LogP contribution in [0.5, 0.6) is 0 Å². The van der Waals surface area contributed by atoms with Gasteiger partial charge in [0.15, 0.2) is 5.82 Å². The Bertz CT molecular complexity index is 1300. The molecule has 0 unspecified atom stereocenters. The molecule has 0 aliphatic carbocycles. The number of benzene rings is 1. The first-order valence-electron chi connectivity index (χ1n) is 11.2. The summed E-state index contributed by atoms with van der Waals surface area (Å²) in [6.45, 7) is 3.37. The van der Waals surface area contributed by atoms with Crippen LogP contribution in [0.25, 0.3) is 22.1 Å². The second kappa shape index (κ2) is 9.81. The third-order valence-electron chi connectivity index (χ3n) is 5.65. The predicted octanol–water partition coefficient (Wildman–Crippen LogP) is 3.84. The van der Waals surface area contributed by atoms with Gasteiger partial charge in [0.2, 0.25) is 0 Å². The first-order valence-corrected chi connectivity index (χ1v) is 11.2. The topological polar surface area (TPSA) is 125 Å². The number of amides is 1. The maximum atomic E-state index is 13.3. The van der Waals surface area contributed by atoms with Crippen LogP contribution in [0.1, 0.15) is 48.8 Å². The molecule has 5 N–H and O–H groups in total. The van der Waals surface area contributed by atoms with Gasteiger partial charge in [-0.15, -0.1) is 0 Å². The van der Waals surface area contributed by atoms with Crippen molar-refractivity contribution in [3.63, 3.8) is 0 Å². The number of anilines is 2. The van der Waals surface area contributed by atoms with Crippen LogP contribution in [-0.2, 0) is 13.0 Å². The molecule has 0 atom stereocenters. The smallest absolute Gasteiger partial charge is 0.251 e. The third kappa shape index (κ3) is 4.72. The zero-order valence-corrected chi connectivity index (χ0v) is 18.6. The molecule has 0 saturated heterocycles. The lowest BCUT2D eigenvalue weighted by molar-refractivity contribution is 0.0953. The van der Waals surface area contributed by atoms with Gasteiger partial charge >= 0.3 is 0 Å². The molecular weight excluding hydrogens is 421 g/mol. The fourth-order valence-electron chi connectivity index (χ4n) is 3.92. The van der Waals surface area contributed by atoms with Gasteiger partial charge in [-0.2, -0.15) is 0 Å². The second-order valence-electron chi connectivity index (χ2n) is 8.05. The van der Waals surface area contributed by atoms with Crippen molar-refractivity contribution in [3.05, 3.63) is 53.7 Å². The van der Waals surface area contributed by atoms with Gasteiger partial charge in [0.25, 0.3) is 5.91 Å². The van der Waals surface area contributed by atoms with Crippen molar-refractivity contribution in [3.8, 4) is 0 Å². The number of imidazole rings is 1. The van der Waals surface area contributed by atoms with Gasteiger partial charge in [0.1, 0.15) is 28.2 Å². The largest absolute Gasteiger partial charge is 0.396 e. The minimum Gasteiger partial charge on any atom is -0.396 e. The molecule has 0 spiro atoms. The van der Waals surface area contributed by atoms with Crippen LogP contribution in [0.2, 0.25) is 0 Å². The number of carbonyl (C=O) groups excluding carboxylic acids is 1. The molecule has 0 fully saturated rings. The van der Waals surface area contributed by atoms with Crippen molar-refractivity contribution < 1.29 is 9.18 Å². The molecule has 3 heterocycles. The highest BCUT2D eigenvalue weighted by Gasteiger charge is 2.17. The molecule has 3 aromatic heterocycles. The SMILES string of the molecule is CCCCc1nc2c(N)nc3cccnc3c2n1CCCCNC(=O)c1ccc(F)c(N)c1. The van der Waals surface area contributed by atoms with Crippen LogP contribution in [0, 0.1) is 5.82 Å². The lowest BCUT2D eigenvalue weighted by atomic mass is 10.2. The lowest BCUT2D eigenvalue weighted by Crippen LogP contribution is -2.24. The third-order valence-corrected chi connectivity index (χ3v) is 5.65. The van der Waals surface area contributed by atoms with Crippen molar-refractivity contribution in [2.45, 2.75) is 45.6 Å². The molecule has 4 rings (SSSR count). The minimum absolute atomic E-state index is 0.0381. The van der Waals surface area contributed by atoms with E-state index < -0.39 is 5.82 Å². The number of halogens is 1. The Hall–Kier alpha value is -3.75. The molecule has 0 aliphatic heterocycles. The highest BCUT2D eigenvalue weighted by molar-refractivity contribution is 6.04. The van der Waals surface area contributed by atoms with Gasteiger partial charge in [-0.05, 0) is 49.6 Å². The van der Waals surface area contributed by atoms with E-state index in [4.69, 9.17) is 16.5 Å². The first kappa shape index (κ1) is 22.4. The molecule has 0 saturated carbocycles. The highest BCUT2D eigenvalue weighted by atomic mass is 19.1. The number of unbranched alkanes of at least 4 members (excludes halogenated alkanes) is 2. The monoisotopic (exact) mass is 449 g/mol. The fourth-order valence-corrected chi connectivity index (χ4v) is 3.92. The van der Waals surface area contributed by atoms with Gasteiger partial charge in [-0.25, -0.2) is 14.4 Å². The Morgan fingerprint density at radius 2 is 1.97 bits per heavy atom. The zero-order valence-electron chi connectivity index (χ0n) is 18.6. The van der Waals surface area contributed by atoms with Gasteiger partial charge in [-0.1, -0.05) is 13.3 Å². The summed E-state index contributed by atoms with van der Waals surface area (Å²) in [5.74, 6) is 0.584. The number of nitrogen functional groups attached to an aromatic ring is 2. The number of pyridine rings is 2. The minimum atomic E-state index is -0.532. The average Bonchev–Trinajstić information content (AvgIpc) is 3.18. The van der Waals surface area contributed by atoms with Crippen LogP contribution >= 0.6 is 0 Å². The van der Waals surface area contributed by atoms with Crippen molar-refractivity contribution in [1.29, 1.82) is 0 Å². The number of carbonyl (C=O) groups is 1. The maximum absolute atomic E-state index is 13.3. The van der Waals surface area contributed by atoms with Crippen LogP contribution in [0.4, 0.5) is 15.9 Å². The Labute approximate surface area is 191 Å². The Balaban J connectivity index is 1.48. The number of rotatable bonds is 9. The number of fused-ring (bicyclic) bond motifs is 3. The van der Waals surface area contributed by atoms with E-state index in [1.54, 1.807) is 6.20 Å². The molecule has 172 valence electrons. The number of hydrogen-bond acceptors (Lipinski definition) is 6. The molecule has 0 aliphatic rings. The van der Waals surface area contributed by atoms with Gasteiger partial charge in [0, 0.05) is 31.3 Å². The molecule has 1 aromatic carbocycles. The molecule has 8 nitrogen and oxygen atoms in total. The number of nitrogens with one attached hydrogen (secondary N) is 1. The number of hydrogen-bond donors (Lipinski definition) is 3. The van der Waals surface area contributed by atoms with Gasteiger partial charge in [0.05, 0.1) is 11.2 Å². The van der Waals surface area contributed by atoms with Crippen molar-refractivity contribution in [2.75, 3.05) is 18.0 Å². The Kier molecular flexibility index (Phi) is 6.67. The zero-order chi connectivity index (χ0) is 23.4. The van der Waals surface area contributed by atoms with E-state index in [1.165, 1.54) is 18.2 Å². The summed E-state index contributed by atoms with van der Waals surface area (Å²) in [6.07, 6.45) is 6.28. The predicted molar refractivity (Wildman–Crippen MR) is 128 cm³/mol. The summed E-state index contributed by atoms with van der Waals surface area (Å²) < 4.78 is 15.5. The van der Waals surface area contributed by atoms with E-state index in [9.17, 15) is 9.18 Å². The van der Waals surface area contributed by atoms with Crippen molar-refractivity contribution >= 4 is 39.5 Å². The summed E-state index contributed by atoms with van der Waals surface area (Å²) in [6, 6.07) is 7.72. The number of aromatic nitrogens is 4. The van der Waals surface area contributed by atoms with E-state index in [2.05, 4.69) is 26.8 Å². The summed E-state index contributed by atoms with van der Waals surface area (Å²) in [4.78, 5) is 26.1. The number of nitrogens with zero attached hydrogens (tertiary/aromatic N) is 4. The molecule has 9 heteroatoms. The summed E-state index contributed by atoms with van der Waals surface area (Å²) in [5.41, 5.74) is 15.2. The van der Waals surface area contributed by atoms with E-state index in [0.29, 0.717) is 23.4 Å². The summed E-state index contributed by atoms with van der Waals surface area (Å²) in [7, 11) is 0. The average molecular weight is 450 g/mol. The molecule has 4 aromatic rings. The normalized spacial score (nSPS) is 11.3. The summed E-state index contributed by atoms with van der Waals surface area (Å²) in [5, 5.41) is 2.87. The van der Waals surface area contributed by atoms with E-state index in [-0.39, 0.29) is 11.6 Å². The standard InChI is InChI=1S/C24H28FN7O/c1-2-3-8-19-31-21-22(20-18(30-23(21)27)7-6-12-28-20)32(19)13-5-4-11-29-24(33)15-9-10-16(25)17(26)14-15/h6-7,9-10,12,14H,2-5,8,11,13,26H2,1H3,(H2,27,30)(H,29,33). The maximum Gasteiger partial charge on any atom is 0.251 e. The fraction of sp³-hybridized carbons (Fsp3) is 0.333. The summed E-state index contributed by atoms with van der Waals surface area (Å²) >= 11 is 0. The highest BCUT2D eigenvalue weighted by Crippen LogP contribution is 2.28. The van der Waals surface area contributed by atoms with E-state index in [0.717, 1.165) is 61.0 Å². The number of nitrogens with two attached hydrogens (primary N) is 2. The first-order chi connectivity index (χ1) is 16.0. The van der Waals surface area contributed by atoms with Crippen LogP contribution in [0.15, 0.2) is 36.5 Å². The molecule has 0 radical (unpaired) electrons. The Morgan fingerprint density at radius 3 is 2.76 bits per heavy atom. The van der Waals surface area contributed by atoms with Gasteiger partial charge in [-0.3, -0.25) is 9.78 Å². The van der Waals surface area contributed by atoms with Crippen LogP contribution in [0.3, 0.4) is 0 Å². The Morgan fingerprint density at radius 1 is 1.12 bits per heavy atom. The van der Waals surface area contributed by atoms with Crippen molar-refractivity contribution in [2.24, 2.45) is 0 Å². The van der Waals surface area contributed by atoms with E-state index >= 15 is 0 Å². The van der Waals surface area contributed by atoms with E-state index in [1.807, 2.05) is 12.1 Å².